The SMILES string of the molecule is C=CCCC(/C=C\O[Si](C)(C)C)c1ccccc1. The molecular weight excluding hydrogens is 236 g/mol. The summed E-state index contributed by atoms with van der Waals surface area (Å²) in [6.45, 7) is 10.4. The lowest BCUT2D eigenvalue weighted by atomic mass is 9.94. The first-order valence-electron chi connectivity index (χ1n) is 6.53. The van der Waals surface area contributed by atoms with E-state index in [4.69, 9.17) is 4.43 Å². The van der Waals surface area contributed by atoms with Gasteiger partial charge >= 0.3 is 0 Å². The van der Waals surface area contributed by atoms with E-state index >= 15 is 0 Å². The molecule has 0 bridgehead atoms. The van der Waals surface area contributed by atoms with Crippen LogP contribution in [0.3, 0.4) is 0 Å². The molecule has 0 aliphatic heterocycles. The summed E-state index contributed by atoms with van der Waals surface area (Å²) in [6.07, 6.45) is 8.16. The molecule has 0 saturated heterocycles. The highest BCUT2D eigenvalue weighted by molar-refractivity contribution is 6.69. The molecule has 0 spiro atoms. The Morgan fingerprint density at radius 2 is 1.89 bits per heavy atom. The fraction of sp³-hybridized carbons (Fsp3) is 0.375. The fourth-order valence-electron chi connectivity index (χ4n) is 1.71. The van der Waals surface area contributed by atoms with E-state index in [-0.39, 0.29) is 0 Å². The molecular formula is C16H24OSi. The molecule has 98 valence electrons. The summed E-state index contributed by atoms with van der Waals surface area (Å²) in [5.41, 5.74) is 1.34. The summed E-state index contributed by atoms with van der Waals surface area (Å²) >= 11 is 0. The molecule has 1 atom stereocenters. The Hall–Kier alpha value is -1.28. The summed E-state index contributed by atoms with van der Waals surface area (Å²) < 4.78 is 5.79. The van der Waals surface area contributed by atoms with Crippen molar-refractivity contribution in [3.05, 3.63) is 60.9 Å². The van der Waals surface area contributed by atoms with Crippen LogP contribution in [-0.2, 0) is 4.43 Å². The van der Waals surface area contributed by atoms with Crippen LogP contribution < -0.4 is 0 Å². The molecule has 1 rings (SSSR count). The maximum atomic E-state index is 5.79. The molecule has 0 radical (unpaired) electrons. The minimum atomic E-state index is -1.46. The number of hydrogen-bond acceptors (Lipinski definition) is 1. The molecule has 0 fully saturated rings. The normalized spacial score (nSPS) is 13.5. The molecule has 0 aliphatic rings. The van der Waals surface area contributed by atoms with Gasteiger partial charge in [0.1, 0.15) is 0 Å². The zero-order chi connectivity index (χ0) is 13.4. The molecule has 1 aromatic carbocycles. The van der Waals surface area contributed by atoms with Gasteiger partial charge in [-0.25, -0.2) is 0 Å². The Morgan fingerprint density at radius 3 is 2.44 bits per heavy atom. The van der Waals surface area contributed by atoms with E-state index in [2.05, 4.69) is 62.6 Å². The summed E-state index contributed by atoms with van der Waals surface area (Å²) in [5, 5.41) is 0. The molecule has 0 amide bonds. The topological polar surface area (TPSA) is 9.23 Å². The van der Waals surface area contributed by atoms with E-state index in [0.29, 0.717) is 5.92 Å². The predicted octanol–water partition coefficient (Wildman–Crippen LogP) is 5.10. The van der Waals surface area contributed by atoms with Crippen LogP contribution in [0.2, 0.25) is 19.6 Å². The van der Waals surface area contributed by atoms with Gasteiger partial charge in [0.25, 0.3) is 0 Å². The molecule has 1 aromatic rings. The van der Waals surface area contributed by atoms with Gasteiger partial charge in [-0.2, -0.15) is 0 Å². The predicted molar refractivity (Wildman–Crippen MR) is 82.2 cm³/mol. The van der Waals surface area contributed by atoms with Gasteiger partial charge in [0.2, 0.25) is 8.32 Å². The van der Waals surface area contributed by atoms with Gasteiger partial charge in [-0.15, -0.1) is 6.58 Å². The third-order valence-corrected chi connectivity index (χ3v) is 3.49. The third-order valence-electron chi connectivity index (χ3n) is 2.64. The lowest BCUT2D eigenvalue weighted by Crippen LogP contribution is -2.22. The second-order valence-corrected chi connectivity index (χ2v) is 9.90. The average molecular weight is 260 g/mol. The number of rotatable bonds is 7. The standard InChI is InChI=1S/C16H24OSi/c1-5-6-10-16(13-14-17-18(2,3)4)15-11-8-7-9-12-15/h5,7-9,11-14,16H,1,6,10H2,2-4H3/b14-13-. The molecule has 1 unspecified atom stereocenters. The summed E-state index contributed by atoms with van der Waals surface area (Å²) in [4.78, 5) is 0. The van der Waals surface area contributed by atoms with E-state index in [1.54, 1.807) is 0 Å². The lowest BCUT2D eigenvalue weighted by molar-refractivity contribution is 0.474. The fourth-order valence-corrected chi connectivity index (χ4v) is 2.20. The van der Waals surface area contributed by atoms with Crippen molar-refractivity contribution < 1.29 is 4.43 Å². The summed E-state index contributed by atoms with van der Waals surface area (Å²) in [5.74, 6) is 0.417. The average Bonchev–Trinajstić information content (AvgIpc) is 2.33. The smallest absolute Gasteiger partial charge is 0.241 e. The van der Waals surface area contributed by atoms with E-state index in [0.717, 1.165) is 12.8 Å². The minimum absolute atomic E-state index is 0.417. The zero-order valence-electron chi connectivity index (χ0n) is 11.7. The number of benzene rings is 1. The second-order valence-electron chi connectivity index (χ2n) is 5.44. The Labute approximate surface area is 112 Å². The van der Waals surface area contributed by atoms with E-state index in [9.17, 15) is 0 Å². The zero-order valence-corrected chi connectivity index (χ0v) is 12.7. The molecule has 18 heavy (non-hydrogen) atoms. The molecule has 0 saturated carbocycles. The number of allylic oxidation sites excluding steroid dienone is 2. The highest BCUT2D eigenvalue weighted by atomic mass is 28.4. The summed E-state index contributed by atoms with van der Waals surface area (Å²) in [6, 6.07) is 10.6. The van der Waals surface area contributed by atoms with E-state index < -0.39 is 8.32 Å². The summed E-state index contributed by atoms with van der Waals surface area (Å²) in [7, 11) is -1.46. The van der Waals surface area contributed by atoms with Crippen molar-refractivity contribution in [1.29, 1.82) is 0 Å². The second kappa shape index (κ2) is 7.22. The van der Waals surface area contributed by atoms with Gasteiger partial charge in [-0.05, 0) is 44.1 Å². The maximum Gasteiger partial charge on any atom is 0.241 e. The van der Waals surface area contributed by atoms with Crippen LogP contribution in [0.15, 0.2) is 55.3 Å². The van der Waals surface area contributed by atoms with Gasteiger partial charge in [0.05, 0.1) is 6.26 Å². The highest BCUT2D eigenvalue weighted by Gasteiger charge is 2.13. The van der Waals surface area contributed by atoms with Crippen LogP contribution in [0.1, 0.15) is 24.3 Å². The van der Waals surface area contributed by atoms with Crippen molar-refractivity contribution in [3.63, 3.8) is 0 Å². The maximum absolute atomic E-state index is 5.79. The van der Waals surface area contributed by atoms with E-state index in [1.165, 1.54) is 5.56 Å². The van der Waals surface area contributed by atoms with E-state index in [1.807, 2.05) is 12.3 Å². The van der Waals surface area contributed by atoms with Crippen molar-refractivity contribution in [3.8, 4) is 0 Å². The molecule has 0 aliphatic carbocycles. The van der Waals surface area contributed by atoms with Gasteiger partial charge < -0.3 is 4.43 Å². The van der Waals surface area contributed by atoms with Crippen LogP contribution >= 0.6 is 0 Å². The van der Waals surface area contributed by atoms with Gasteiger partial charge in [-0.1, -0.05) is 36.4 Å². The van der Waals surface area contributed by atoms with Gasteiger partial charge in [-0.3, -0.25) is 0 Å². The Balaban J connectivity index is 2.70. The van der Waals surface area contributed by atoms with Crippen LogP contribution in [-0.4, -0.2) is 8.32 Å². The highest BCUT2D eigenvalue weighted by Crippen LogP contribution is 2.23. The molecule has 1 nitrogen and oxygen atoms in total. The third kappa shape index (κ3) is 5.87. The van der Waals surface area contributed by atoms with Gasteiger partial charge in [0, 0.05) is 5.92 Å². The van der Waals surface area contributed by atoms with Crippen molar-refractivity contribution in [2.45, 2.75) is 38.4 Å². The van der Waals surface area contributed by atoms with Crippen molar-refractivity contribution in [2.24, 2.45) is 0 Å². The molecule has 0 N–H and O–H groups in total. The Bertz CT molecular complexity index is 376. The quantitative estimate of drug-likeness (QED) is 0.376. The molecule has 0 heterocycles. The first-order chi connectivity index (χ1) is 8.53. The molecule has 0 aromatic heterocycles. The van der Waals surface area contributed by atoms with Crippen LogP contribution in [0.4, 0.5) is 0 Å². The van der Waals surface area contributed by atoms with Crippen molar-refractivity contribution >= 4 is 8.32 Å². The largest absolute Gasteiger partial charge is 0.550 e. The lowest BCUT2D eigenvalue weighted by Gasteiger charge is -2.17. The van der Waals surface area contributed by atoms with Crippen LogP contribution in [0.25, 0.3) is 0 Å². The monoisotopic (exact) mass is 260 g/mol. The van der Waals surface area contributed by atoms with Crippen LogP contribution in [0, 0.1) is 0 Å². The Morgan fingerprint density at radius 1 is 1.22 bits per heavy atom. The minimum Gasteiger partial charge on any atom is -0.550 e. The van der Waals surface area contributed by atoms with Crippen molar-refractivity contribution in [2.75, 3.05) is 0 Å². The molecule has 2 heteroatoms. The van der Waals surface area contributed by atoms with Crippen molar-refractivity contribution in [1.82, 2.24) is 0 Å². The first-order valence-corrected chi connectivity index (χ1v) is 9.94. The Kier molecular flexibility index (Phi) is 5.93. The van der Waals surface area contributed by atoms with Crippen LogP contribution in [0.5, 0.6) is 0 Å². The first kappa shape index (κ1) is 14.8. The van der Waals surface area contributed by atoms with Gasteiger partial charge in [0.15, 0.2) is 0 Å². The number of hydrogen-bond donors (Lipinski definition) is 0.